The summed E-state index contributed by atoms with van der Waals surface area (Å²) < 4.78 is 4.60. The van der Waals surface area contributed by atoms with Gasteiger partial charge in [0.05, 0.1) is 19.6 Å². The summed E-state index contributed by atoms with van der Waals surface area (Å²) >= 11 is 1.65. The fourth-order valence-electron chi connectivity index (χ4n) is 1.71. The molecular weight excluding hydrogens is 336 g/mol. The normalized spacial score (nSPS) is 11.5. The number of amides is 1. The number of halogens is 1. The molecule has 1 rings (SSSR count). The first-order valence-electron chi connectivity index (χ1n) is 7.24. The van der Waals surface area contributed by atoms with Gasteiger partial charge in [-0.25, -0.2) is 0 Å². The molecule has 0 radical (unpaired) electrons. The van der Waals surface area contributed by atoms with E-state index in [0.29, 0.717) is 12.2 Å². The highest BCUT2D eigenvalue weighted by molar-refractivity contribution is 7.98. The van der Waals surface area contributed by atoms with Crippen molar-refractivity contribution >= 4 is 41.7 Å². The van der Waals surface area contributed by atoms with Gasteiger partial charge in [0.25, 0.3) is 0 Å². The van der Waals surface area contributed by atoms with Gasteiger partial charge in [-0.1, -0.05) is 26.0 Å². The number of benzene rings is 1. The monoisotopic (exact) mass is 360 g/mol. The van der Waals surface area contributed by atoms with Gasteiger partial charge in [-0.2, -0.15) is 11.8 Å². The maximum Gasteiger partial charge on any atom is 0.306 e. The third-order valence-electron chi connectivity index (χ3n) is 3.16. The zero-order valence-electron chi connectivity index (χ0n) is 13.7. The lowest BCUT2D eigenvalue weighted by Crippen LogP contribution is -2.39. The highest BCUT2D eigenvalue weighted by Gasteiger charge is 2.17. The van der Waals surface area contributed by atoms with E-state index in [0.717, 1.165) is 17.0 Å². The SMILES string of the molecule is COC(=O)CCSCc1cccc(NC(=O)[C@@H](N)C(C)C)c1.Cl. The smallest absolute Gasteiger partial charge is 0.306 e. The molecule has 0 heterocycles. The molecule has 0 aliphatic rings. The van der Waals surface area contributed by atoms with Crippen LogP contribution in [0.25, 0.3) is 0 Å². The Morgan fingerprint density at radius 3 is 2.65 bits per heavy atom. The molecule has 3 N–H and O–H groups in total. The topological polar surface area (TPSA) is 81.4 Å². The summed E-state index contributed by atoms with van der Waals surface area (Å²) in [4.78, 5) is 23.0. The molecule has 0 spiro atoms. The van der Waals surface area contributed by atoms with E-state index in [4.69, 9.17) is 5.73 Å². The largest absolute Gasteiger partial charge is 0.469 e. The Hall–Kier alpha value is -1.24. The van der Waals surface area contributed by atoms with Gasteiger partial charge in [0.15, 0.2) is 0 Å². The summed E-state index contributed by atoms with van der Waals surface area (Å²) in [6, 6.07) is 7.14. The Kier molecular flexibility index (Phi) is 10.7. The van der Waals surface area contributed by atoms with Crippen LogP contribution in [0.5, 0.6) is 0 Å². The number of methoxy groups -OCH3 is 1. The van der Waals surface area contributed by atoms with Crippen molar-refractivity contribution in [1.29, 1.82) is 0 Å². The Bertz CT molecular complexity index is 512. The van der Waals surface area contributed by atoms with Crippen molar-refractivity contribution in [1.82, 2.24) is 0 Å². The lowest BCUT2D eigenvalue weighted by atomic mass is 10.0. The van der Waals surface area contributed by atoms with Crippen LogP contribution in [0.2, 0.25) is 0 Å². The third-order valence-corrected chi connectivity index (χ3v) is 4.19. The number of nitrogens with one attached hydrogen (secondary N) is 1. The standard InChI is InChI=1S/C16H24N2O3S.ClH/c1-11(2)15(17)16(20)18-13-6-4-5-12(9-13)10-22-8-7-14(19)21-3;/h4-6,9,11,15H,7-8,10,17H2,1-3H3,(H,18,20);1H/t15-;/m0./s1. The fourth-order valence-corrected chi connectivity index (χ4v) is 2.59. The first kappa shape index (κ1) is 21.8. The van der Waals surface area contributed by atoms with Crippen molar-refractivity contribution in [3.8, 4) is 0 Å². The van der Waals surface area contributed by atoms with Crippen LogP contribution >= 0.6 is 24.2 Å². The molecule has 1 amide bonds. The van der Waals surface area contributed by atoms with Crippen LogP contribution in [0.1, 0.15) is 25.8 Å². The zero-order chi connectivity index (χ0) is 16.5. The Labute approximate surface area is 148 Å². The van der Waals surface area contributed by atoms with Crippen molar-refractivity contribution in [2.45, 2.75) is 32.1 Å². The maximum absolute atomic E-state index is 11.9. The number of hydrogen-bond acceptors (Lipinski definition) is 5. The number of ether oxygens (including phenoxy) is 1. The Morgan fingerprint density at radius 1 is 1.35 bits per heavy atom. The number of rotatable bonds is 8. The summed E-state index contributed by atoms with van der Waals surface area (Å²) in [7, 11) is 1.39. The van der Waals surface area contributed by atoms with E-state index in [-0.39, 0.29) is 30.2 Å². The minimum atomic E-state index is -0.516. The molecule has 0 saturated carbocycles. The van der Waals surface area contributed by atoms with Gasteiger partial charge in [-0.15, -0.1) is 12.4 Å². The second kappa shape index (κ2) is 11.3. The highest BCUT2D eigenvalue weighted by atomic mass is 35.5. The number of esters is 1. The minimum absolute atomic E-state index is 0. The van der Waals surface area contributed by atoms with Crippen molar-refractivity contribution in [2.24, 2.45) is 11.7 Å². The average molecular weight is 361 g/mol. The maximum atomic E-state index is 11.9. The molecule has 1 aromatic carbocycles. The van der Waals surface area contributed by atoms with E-state index in [1.165, 1.54) is 7.11 Å². The summed E-state index contributed by atoms with van der Waals surface area (Å²) in [5, 5.41) is 2.83. The molecule has 0 fully saturated rings. The van der Waals surface area contributed by atoms with Gasteiger partial charge in [0.1, 0.15) is 0 Å². The van der Waals surface area contributed by atoms with Gasteiger partial charge >= 0.3 is 5.97 Å². The Balaban J connectivity index is 0.00000484. The molecule has 130 valence electrons. The average Bonchev–Trinajstić information content (AvgIpc) is 2.50. The quantitative estimate of drug-likeness (QED) is 0.550. The van der Waals surface area contributed by atoms with Gasteiger partial charge in [-0.05, 0) is 23.6 Å². The summed E-state index contributed by atoms with van der Waals surface area (Å²) in [6.45, 7) is 3.83. The third kappa shape index (κ3) is 8.25. The summed E-state index contributed by atoms with van der Waals surface area (Å²) in [5.41, 5.74) is 7.66. The number of hydrogen-bond donors (Lipinski definition) is 2. The zero-order valence-corrected chi connectivity index (χ0v) is 15.3. The van der Waals surface area contributed by atoms with E-state index < -0.39 is 6.04 Å². The summed E-state index contributed by atoms with van der Waals surface area (Å²) in [5.74, 6) is 1.21. The number of nitrogens with two attached hydrogens (primary N) is 1. The number of anilines is 1. The van der Waals surface area contributed by atoms with Crippen LogP contribution in [-0.2, 0) is 20.1 Å². The molecule has 0 aromatic heterocycles. The van der Waals surface area contributed by atoms with Crippen molar-refractivity contribution in [2.75, 3.05) is 18.2 Å². The van der Waals surface area contributed by atoms with E-state index >= 15 is 0 Å². The van der Waals surface area contributed by atoms with E-state index in [1.807, 2.05) is 38.1 Å². The fraction of sp³-hybridized carbons (Fsp3) is 0.500. The minimum Gasteiger partial charge on any atom is -0.469 e. The van der Waals surface area contributed by atoms with Gasteiger partial charge in [-0.3, -0.25) is 9.59 Å². The lowest BCUT2D eigenvalue weighted by molar-refractivity contribution is -0.140. The molecule has 7 heteroatoms. The predicted molar refractivity (Wildman–Crippen MR) is 97.9 cm³/mol. The molecule has 1 atom stereocenters. The van der Waals surface area contributed by atoms with Gasteiger partial charge < -0.3 is 15.8 Å². The van der Waals surface area contributed by atoms with Crippen LogP contribution in [0.15, 0.2) is 24.3 Å². The molecule has 0 aliphatic carbocycles. The molecule has 23 heavy (non-hydrogen) atoms. The highest BCUT2D eigenvalue weighted by Crippen LogP contribution is 2.17. The molecule has 1 aromatic rings. The van der Waals surface area contributed by atoms with E-state index in [9.17, 15) is 9.59 Å². The van der Waals surface area contributed by atoms with Crippen LogP contribution in [-0.4, -0.2) is 30.8 Å². The lowest BCUT2D eigenvalue weighted by Gasteiger charge is -2.15. The van der Waals surface area contributed by atoms with Crippen LogP contribution in [0, 0.1) is 5.92 Å². The first-order valence-corrected chi connectivity index (χ1v) is 8.39. The number of carbonyl (C=O) groups excluding carboxylic acids is 2. The molecule has 0 bridgehead atoms. The molecule has 0 aliphatic heterocycles. The molecule has 0 unspecified atom stereocenters. The molecule has 0 saturated heterocycles. The van der Waals surface area contributed by atoms with Gasteiger partial charge in [0, 0.05) is 17.2 Å². The van der Waals surface area contributed by atoms with E-state index in [1.54, 1.807) is 11.8 Å². The van der Waals surface area contributed by atoms with Crippen molar-refractivity contribution in [3.63, 3.8) is 0 Å². The second-order valence-corrected chi connectivity index (χ2v) is 6.44. The second-order valence-electron chi connectivity index (χ2n) is 5.34. The van der Waals surface area contributed by atoms with Crippen LogP contribution < -0.4 is 11.1 Å². The van der Waals surface area contributed by atoms with Gasteiger partial charge in [0.2, 0.25) is 5.91 Å². The number of thioether (sulfide) groups is 1. The molecule has 5 nitrogen and oxygen atoms in total. The van der Waals surface area contributed by atoms with Crippen molar-refractivity contribution in [3.05, 3.63) is 29.8 Å². The Morgan fingerprint density at radius 2 is 2.04 bits per heavy atom. The predicted octanol–water partition coefficient (Wildman–Crippen LogP) is 2.83. The first-order chi connectivity index (χ1) is 10.4. The molecular formula is C16H25ClN2O3S. The summed E-state index contributed by atoms with van der Waals surface area (Å²) in [6.07, 6.45) is 0.404. The van der Waals surface area contributed by atoms with Crippen LogP contribution in [0.3, 0.4) is 0 Å². The van der Waals surface area contributed by atoms with Crippen LogP contribution in [0.4, 0.5) is 5.69 Å². The number of carbonyl (C=O) groups is 2. The van der Waals surface area contributed by atoms with E-state index in [2.05, 4.69) is 10.1 Å². The van der Waals surface area contributed by atoms with Crippen molar-refractivity contribution < 1.29 is 14.3 Å².